The molecule has 2 heterocycles. The summed E-state index contributed by atoms with van der Waals surface area (Å²) in [5, 5.41) is 10.6. The number of nitrogens with zero attached hydrogens (tertiary/aromatic N) is 3. The first-order valence-corrected chi connectivity index (χ1v) is 7.96. The molecule has 3 rings (SSSR count). The van der Waals surface area contributed by atoms with Gasteiger partial charge in [-0.05, 0) is 24.3 Å². The highest BCUT2D eigenvalue weighted by Crippen LogP contribution is 2.19. The Morgan fingerprint density at radius 3 is 2.31 bits per heavy atom. The van der Waals surface area contributed by atoms with Gasteiger partial charge in [0.25, 0.3) is 11.8 Å². The summed E-state index contributed by atoms with van der Waals surface area (Å²) in [5.74, 6) is -0.509. The molecule has 1 fully saturated rings. The number of amides is 2. The van der Waals surface area contributed by atoms with E-state index in [0.29, 0.717) is 37.5 Å². The maximum absolute atomic E-state index is 12.6. The van der Waals surface area contributed by atoms with Gasteiger partial charge in [-0.25, -0.2) is 0 Å². The summed E-state index contributed by atoms with van der Waals surface area (Å²) in [6, 6.07) is 9.32. The average molecular weight is 359 g/mol. The lowest BCUT2D eigenvalue weighted by atomic mass is 10.1. The Kier molecular flexibility index (Phi) is 4.87. The number of rotatable bonds is 4. The Hall–Kier alpha value is -3.36. The van der Waals surface area contributed by atoms with E-state index < -0.39 is 16.7 Å². The molecule has 2 amide bonds. The fourth-order valence-electron chi connectivity index (χ4n) is 2.75. The van der Waals surface area contributed by atoms with E-state index in [-0.39, 0.29) is 11.7 Å². The van der Waals surface area contributed by atoms with Gasteiger partial charge in [0.15, 0.2) is 5.76 Å². The van der Waals surface area contributed by atoms with Crippen molar-refractivity contribution in [3.8, 4) is 5.75 Å². The van der Waals surface area contributed by atoms with E-state index in [0.717, 1.165) is 6.07 Å². The Morgan fingerprint density at radius 1 is 1.08 bits per heavy atom. The molecule has 0 radical (unpaired) electrons. The molecule has 9 nitrogen and oxygen atoms in total. The molecule has 0 bridgehead atoms. The number of carbonyl (C=O) groups excluding carboxylic acids is 2. The minimum Gasteiger partial charge on any atom is -0.497 e. The summed E-state index contributed by atoms with van der Waals surface area (Å²) >= 11 is 0. The van der Waals surface area contributed by atoms with Crippen molar-refractivity contribution in [3.05, 3.63) is 57.8 Å². The van der Waals surface area contributed by atoms with Gasteiger partial charge < -0.3 is 19.0 Å². The number of hydrogen-bond donors (Lipinski definition) is 0. The van der Waals surface area contributed by atoms with Gasteiger partial charge in [0.1, 0.15) is 10.7 Å². The number of hydrogen-bond acceptors (Lipinski definition) is 6. The van der Waals surface area contributed by atoms with Crippen LogP contribution in [0.15, 0.2) is 40.8 Å². The van der Waals surface area contributed by atoms with Crippen LogP contribution in [0.25, 0.3) is 0 Å². The van der Waals surface area contributed by atoms with Gasteiger partial charge in [-0.2, -0.15) is 0 Å². The highest BCUT2D eigenvalue weighted by Gasteiger charge is 2.28. The van der Waals surface area contributed by atoms with Crippen LogP contribution in [-0.4, -0.2) is 59.8 Å². The van der Waals surface area contributed by atoms with Crippen LogP contribution in [0.5, 0.6) is 5.75 Å². The molecule has 0 spiro atoms. The van der Waals surface area contributed by atoms with Crippen molar-refractivity contribution >= 4 is 17.7 Å². The summed E-state index contributed by atoms with van der Waals surface area (Å²) in [6.07, 6.45) is 0. The molecule has 9 heteroatoms. The van der Waals surface area contributed by atoms with E-state index in [4.69, 9.17) is 9.15 Å². The van der Waals surface area contributed by atoms with Crippen molar-refractivity contribution in [2.45, 2.75) is 0 Å². The molecule has 0 aliphatic carbocycles. The van der Waals surface area contributed by atoms with E-state index in [1.54, 1.807) is 29.2 Å². The second kappa shape index (κ2) is 7.26. The van der Waals surface area contributed by atoms with E-state index in [1.165, 1.54) is 18.1 Å². The third kappa shape index (κ3) is 3.51. The summed E-state index contributed by atoms with van der Waals surface area (Å²) in [6.45, 7) is 1.38. The summed E-state index contributed by atoms with van der Waals surface area (Å²) in [7, 11) is 1.53. The minimum atomic E-state index is -0.693. The van der Waals surface area contributed by atoms with Crippen molar-refractivity contribution in [2.75, 3.05) is 33.3 Å². The second-order valence-corrected chi connectivity index (χ2v) is 5.71. The van der Waals surface area contributed by atoms with Crippen LogP contribution < -0.4 is 4.74 Å². The van der Waals surface area contributed by atoms with Gasteiger partial charge >= 0.3 is 5.88 Å². The standard InChI is InChI=1S/C17H17N3O6/c1-25-13-4-2-3-12(11-13)16(21)18-7-9-19(10-8-18)17(22)14-5-6-15(26-14)20(23)24/h2-6,11H,7-10H2,1H3. The van der Waals surface area contributed by atoms with Gasteiger partial charge in [-0.15, -0.1) is 0 Å². The molecule has 2 aromatic rings. The third-order valence-electron chi connectivity index (χ3n) is 4.15. The molecule has 0 atom stereocenters. The fourth-order valence-corrected chi connectivity index (χ4v) is 2.75. The molecule has 0 saturated carbocycles. The van der Waals surface area contributed by atoms with Crippen molar-refractivity contribution < 1.29 is 23.7 Å². The molecule has 26 heavy (non-hydrogen) atoms. The molecule has 0 unspecified atom stereocenters. The first-order valence-electron chi connectivity index (χ1n) is 7.96. The van der Waals surface area contributed by atoms with Crippen molar-refractivity contribution in [1.29, 1.82) is 0 Å². The summed E-state index contributed by atoms with van der Waals surface area (Å²) in [5.41, 5.74) is 0.519. The number of methoxy groups -OCH3 is 1. The van der Waals surface area contributed by atoms with E-state index >= 15 is 0 Å². The molecule has 0 N–H and O–H groups in total. The Bertz CT molecular complexity index is 839. The molecule has 1 aliphatic rings. The zero-order valence-corrected chi connectivity index (χ0v) is 14.1. The van der Waals surface area contributed by atoms with Crippen LogP contribution in [-0.2, 0) is 0 Å². The summed E-state index contributed by atoms with van der Waals surface area (Å²) in [4.78, 5) is 38.0. The number of benzene rings is 1. The quantitative estimate of drug-likeness (QED) is 0.609. The van der Waals surface area contributed by atoms with E-state index in [1.807, 2.05) is 0 Å². The van der Waals surface area contributed by atoms with Gasteiger partial charge in [0.2, 0.25) is 0 Å². The molecular formula is C17H17N3O6. The minimum absolute atomic E-state index is 0.0794. The van der Waals surface area contributed by atoms with Crippen LogP contribution >= 0.6 is 0 Å². The van der Waals surface area contributed by atoms with Gasteiger partial charge in [0.05, 0.1) is 13.2 Å². The highest BCUT2D eigenvalue weighted by molar-refractivity contribution is 5.95. The molecule has 1 aromatic carbocycles. The largest absolute Gasteiger partial charge is 0.497 e. The van der Waals surface area contributed by atoms with Gasteiger partial charge in [0, 0.05) is 31.7 Å². The van der Waals surface area contributed by atoms with E-state index in [2.05, 4.69) is 0 Å². The second-order valence-electron chi connectivity index (χ2n) is 5.71. The Balaban J connectivity index is 1.62. The molecular weight excluding hydrogens is 342 g/mol. The maximum atomic E-state index is 12.6. The van der Waals surface area contributed by atoms with Crippen LogP contribution in [0.3, 0.4) is 0 Å². The van der Waals surface area contributed by atoms with Gasteiger partial charge in [-0.3, -0.25) is 19.7 Å². The zero-order valence-electron chi connectivity index (χ0n) is 14.1. The number of ether oxygens (including phenoxy) is 1. The lowest BCUT2D eigenvalue weighted by molar-refractivity contribution is -0.402. The van der Waals surface area contributed by atoms with Crippen LogP contribution in [0, 0.1) is 10.1 Å². The van der Waals surface area contributed by atoms with Gasteiger partial charge in [-0.1, -0.05) is 6.07 Å². The lowest BCUT2D eigenvalue weighted by Gasteiger charge is -2.34. The van der Waals surface area contributed by atoms with Crippen molar-refractivity contribution in [3.63, 3.8) is 0 Å². The average Bonchev–Trinajstić information content (AvgIpc) is 3.17. The van der Waals surface area contributed by atoms with Crippen LogP contribution in [0.1, 0.15) is 20.9 Å². The van der Waals surface area contributed by atoms with Crippen LogP contribution in [0.2, 0.25) is 0 Å². The number of nitro groups is 1. The van der Waals surface area contributed by atoms with Crippen molar-refractivity contribution in [1.82, 2.24) is 9.80 Å². The number of piperazine rings is 1. The highest BCUT2D eigenvalue weighted by atomic mass is 16.6. The zero-order chi connectivity index (χ0) is 18.7. The fraction of sp³-hybridized carbons (Fsp3) is 0.294. The predicted octanol–water partition coefficient (Wildman–Crippen LogP) is 1.79. The Morgan fingerprint density at radius 2 is 1.73 bits per heavy atom. The molecule has 1 aromatic heterocycles. The molecule has 1 aliphatic heterocycles. The SMILES string of the molecule is COc1cccc(C(=O)N2CCN(C(=O)c3ccc([N+](=O)[O-])o3)CC2)c1. The predicted molar refractivity (Wildman–Crippen MR) is 90.2 cm³/mol. The molecule has 1 saturated heterocycles. The maximum Gasteiger partial charge on any atom is 0.433 e. The first-order chi connectivity index (χ1) is 12.5. The smallest absolute Gasteiger partial charge is 0.433 e. The number of furan rings is 1. The first kappa shape index (κ1) is 17.5. The normalized spacial score (nSPS) is 14.2. The Labute approximate surface area is 148 Å². The molecule has 136 valence electrons. The summed E-state index contributed by atoms with van der Waals surface area (Å²) < 4.78 is 10.1. The van der Waals surface area contributed by atoms with E-state index in [9.17, 15) is 19.7 Å². The van der Waals surface area contributed by atoms with Crippen LogP contribution in [0.4, 0.5) is 5.88 Å². The lowest BCUT2D eigenvalue weighted by Crippen LogP contribution is -2.50. The monoisotopic (exact) mass is 359 g/mol. The van der Waals surface area contributed by atoms with Crippen molar-refractivity contribution in [2.24, 2.45) is 0 Å². The topological polar surface area (TPSA) is 106 Å². The number of carbonyl (C=O) groups is 2. The third-order valence-corrected chi connectivity index (χ3v) is 4.15.